The first kappa shape index (κ1) is 27.2. The molecule has 212 valence electrons. The summed E-state index contributed by atoms with van der Waals surface area (Å²) in [6.07, 6.45) is 4.93. The van der Waals surface area contributed by atoms with Crippen LogP contribution >= 0.6 is 23.6 Å². The highest BCUT2D eigenvalue weighted by Gasteiger charge is 2.28. The van der Waals surface area contributed by atoms with Crippen molar-refractivity contribution in [1.82, 2.24) is 19.2 Å². The molecule has 4 aromatic rings. The molecular weight excluding hydrogens is 567 g/mol. The summed E-state index contributed by atoms with van der Waals surface area (Å²) in [4.78, 5) is 33.0. The molecule has 2 fully saturated rings. The van der Waals surface area contributed by atoms with Crippen LogP contribution in [0.3, 0.4) is 0 Å². The second kappa shape index (κ2) is 11.1. The first-order valence-electron chi connectivity index (χ1n) is 13.2. The van der Waals surface area contributed by atoms with E-state index in [0.29, 0.717) is 53.1 Å². The van der Waals surface area contributed by atoms with Gasteiger partial charge in [-0.1, -0.05) is 11.3 Å². The number of carboxylic acids is 1. The molecule has 1 aliphatic heterocycles. The minimum absolute atomic E-state index is 0.0973. The summed E-state index contributed by atoms with van der Waals surface area (Å²) in [7, 11) is 1.62. The number of rotatable bonds is 8. The number of hydrogen-bond donors (Lipinski definition) is 1. The SMILES string of the molecule is COc1ccc(C=Nc2nn(CN3CCN(c4cc5c(cc4F)c(=O)c(C(=O)O)cn5C4CC4)CC3)c(=S)s2)cc1. The molecule has 13 heteroatoms. The average Bonchev–Trinajstić information content (AvgIpc) is 3.76. The lowest BCUT2D eigenvalue weighted by molar-refractivity contribution is 0.0695. The standard InChI is InChI=1S/C28H27FN6O4S2/c1-39-19-6-2-17(3-7-19)14-30-27-31-35(28(40)41-27)16-32-8-10-33(11-9-32)24-13-23-20(12-22(24)29)25(36)21(26(37)38)15-34(23)18-4-5-18/h2-3,6-7,12-15,18H,4-5,8-11,16H2,1H3,(H,37,38). The number of hydrogen-bond acceptors (Lipinski definition) is 9. The highest BCUT2D eigenvalue weighted by molar-refractivity contribution is 7.73. The molecule has 1 aliphatic carbocycles. The van der Waals surface area contributed by atoms with E-state index in [9.17, 15) is 14.7 Å². The molecule has 0 spiro atoms. The van der Waals surface area contributed by atoms with Crippen LogP contribution in [0.2, 0.25) is 0 Å². The van der Waals surface area contributed by atoms with Gasteiger partial charge in [0.15, 0.2) is 3.95 Å². The molecule has 2 aromatic carbocycles. The zero-order valence-corrected chi connectivity index (χ0v) is 23.8. The van der Waals surface area contributed by atoms with Gasteiger partial charge in [-0.05, 0) is 67.0 Å². The normalized spacial score (nSPS) is 16.1. The van der Waals surface area contributed by atoms with Crippen LogP contribution in [0.1, 0.15) is 34.8 Å². The first-order valence-corrected chi connectivity index (χ1v) is 14.4. The van der Waals surface area contributed by atoms with Crippen LogP contribution in [0.5, 0.6) is 5.75 Å². The number of carboxylic acid groups (broad SMARTS) is 1. The predicted molar refractivity (Wildman–Crippen MR) is 158 cm³/mol. The molecule has 41 heavy (non-hydrogen) atoms. The monoisotopic (exact) mass is 594 g/mol. The quantitative estimate of drug-likeness (QED) is 0.231. The molecule has 3 heterocycles. The Morgan fingerprint density at radius 3 is 2.61 bits per heavy atom. The van der Waals surface area contributed by atoms with Crippen molar-refractivity contribution in [3.63, 3.8) is 0 Å². The molecule has 0 atom stereocenters. The third kappa shape index (κ3) is 5.65. The van der Waals surface area contributed by atoms with Gasteiger partial charge < -0.3 is 19.3 Å². The summed E-state index contributed by atoms with van der Waals surface area (Å²) in [5.74, 6) is -1.06. The Balaban J connectivity index is 1.15. The van der Waals surface area contributed by atoms with E-state index in [1.807, 2.05) is 33.7 Å². The van der Waals surface area contributed by atoms with Crippen molar-refractivity contribution in [3.8, 4) is 5.75 Å². The number of aromatic nitrogens is 3. The number of piperazine rings is 1. The van der Waals surface area contributed by atoms with Gasteiger partial charge in [0, 0.05) is 50.0 Å². The van der Waals surface area contributed by atoms with Crippen molar-refractivity contribution in [3.05, 3.63) is 73.7 Å². The van der Waals surface area contributed by atoms with Crippen molar-refractivity contribution in [2.24, 2.45) is 4.99 Å². The molecular formula is C28H27FN6O4S2. The summed E-state index contributed by atoms with van der Waals surface area (Å²) in [5, 5.41) is 14.7. The summed E-state index contributed by atoms with van der Waals surface area (Å²) in [5.41, 5.74) is 0.909. The fourth-order valence-electron chi connectivity index (χ4n) is 4.98. The molecule has 10 nitrogen and oxygen atoms in total. The van der Waals surface area contributed by atoms with Gasteiger partial charge in [-0.15, -0.1) is 5.10 Å². The molecule has 1 N–H and O–H groups in total. The Kier molecular flexibility index (Phi) is 7.41. The van der Waals surface area contributed by atoms with E-state index in [2.05, 4.69) is 15.0 Å². The zero-order valence-electron chi connectivity index (χ0n) is 22.2. The van der Waals surface area contributed by atoms with E-state index in [0.717, 1.165) is 24.2 Å². The summed E-state index contributed by atoms with van der Waals surface area (Å²) in [6.45, 7) is 2.97. The predicted octanol–water partition coefficient (Wildman–Crippen LogP) is 4.70. The number of carbonyl (C=O) groups is 1. The highest BCUT2D eigenvalue weighted by atomic mass is 32.1. The maximum absolute atomic E-state index is 15.3. The fraction of sp³-hybridized carbons (Fsp3) is 0.321. The highest BCUT2D eigenvalue weighted by Crippen LogP contribution is 2.38. The Bertz CT molecular complexity index is 1770. The van der Waals surface area contributed by atoms with E-state index < -0.39 is 17.2 Å². The number of anilines is 1. The van der Waals surface area contributed by atoms with Crippen LogP contribution in [0.15, 0.2) is 52.4 Å². The molecule has 0 amide bonds. The van der Waals surface area contributed by atoms with Crippen LogP contribution in [-0.2, 0) is 6.67 Å². The van der Waals surface area contributed by atoms with E-state index in [-0.39, 0.29) is 17.0 Å². The maximum atomic E-state index is 15.3. The summed E-state index contributed by atoms with van der Waals surface area (Å²) >= 11 is 6.85. The lowest BCUT2D eigenvalue weighted by atomic mass is 10.1. The van der Waals surface area contributed by atoms with Gasteiger partial charge in [-0.3, -0.25) is 9.69 Å². The lowest BCUT2D eigenvalue weighted by Crippen LogP contribution is -2.47. The lowest BCUT2D eigenvalue weighted by Gasteiger charge is -2.36. The van der Waals surface area contributed by atoms with Crippen molar-refractivity contribution in [1.29, 1.82) is 0 Å². The number of aliphatic imine (C=N–C) groups is 1. The van der Waals surface area contributed by atoms with Gasteiger partial charge in [0.1, 0.15) is 17.1 Å². The van der Waals surface area contributed by atoms with Crippen LogP contribution in [-0.4, -0.2) is 69.8 Å². The Labute approximate surface area is 243 Å². The summed E-state index contributed by atoms with van der Waals surface area (Å²) < 4.78 is 24.7. The van der Waals surface area contributed by atoms with Crippen molar-refractivity contribution >= 4 is 57.5 Å². The van der Waals surface area contributed by atoms with Gasteiger partial charge in [0.2, 0.25) is 10.6 Å². The van der Waals surface area contributed by atoms with Gasteiger partial charge in [0.25, 0.3) is 0 Å². The minimum atomic E-state index is -1.30. The molecule has 1 saturated carbocycles. The number of benzene rings is 2. The number of pyridine rings is 1. The number of ether oxygens (including phenoxy) is 1. The van der Waals surface area contributed by atoms with Gasteiger partial charge in [-0.2, -0.15) is 0 Å². The van der Waals surface area contributed by atoms with Gasteiger partial charge in [-0.25, -0.2) is 18.9 Å². The van der Waals surface area contributed by atoms with Crippen LogP contribution < -0.4 is 15.1 Å². The fourth-order valence-corrected chi connectivity index (χ4v) is 5.91. The number of methoxy groups -OCH3 is 1. The number of nitrogens with zero attached hydrogens (tertiary/aromatic N) is 6. The molecule has 2 aliphatic rings. The van der Waals surface area contributed by atoms with Crippen molar-refractivity contribution in [2.45, 2.75) is 25.6 Å². The maximum Gasteiger partial charge on any atom is 0.341 e. The Morgan fingerprint density at radius 1 is 1.22 bits per heavy atom. The summed E-state index contributed by atoms with van der Waals surface area (Å²) in [6, 6.07) is 10.6. The van der Waals surface area contributed by atoms with E-state index in [4.69, 9.17) is 17.0 Å². The van der Waals surface area contributed by atoms with E-state index >= 15 is 4.39 Å². The minimum Gasteiger partial charge on any atom is -0.497 e. The number of halogens is 1. The van der Waals surface area contributed by atoms with Crippen LogP contribution in [0, 0.1) is 9.77 Å². The van der Waals surface area contributed by atoms with Crippen LogP contribution in [0.4, 0.5) is 15.2 Å². The van der Waals surface area contributed by atoms with Crippen molar-refractivity contribution in [2.75, 3.05) is 38.2 Å². The molecule has 0 unspecified atom stereocenters. The zero-order chi connectivity index (χ0) is 28.7. The van der Waals surface area contributed by atoms with Gasteiger partial charge in [0.05, 0.1) is 25.0 Å². The molecule has 2 aromatic heterocycles. The largest absolute Gasteiger partial charge is 0.497 e. The molecule has 0 radical (unpaired) electrons. The van der Waals surface area contributed by atoms with E-state index in [1.165, 1.54) is 23.6 Å². The molecule has 0 bridgehead atoms. The Hall–Kier alpha value is -3.94. The molecule has 1 saturated heterocycles. The molecule has 6 rings (SSSR count). The average molecular weight is 595 g/mol. The number of aromatic carboxylic acids is 1. The van der Waals surface area contributed by atoms with E-state index in [1.54, 1.807) is 24.1 Å². The smallest absolute Gasteiger partial charge is 0.341 e. The third-order valence-electron chi connectivity index (χ3n) is 7.35. The topological polar surface area (TPSA) is 105 Å². The van der Waals surface area contributed by atoms with Gasteiger partial charge >= 0.3 is 5.97 Å². The first-order chi connectivity index (χ1) is 19.8. The third-order valence-corrected chi connectivity index (χ3v) is 8.57. The Morgan fingerprint density at radius 2 is 1.95 bits per heavy atom. The van der Waals surface area contributed by atoms with Crippen LogP contribution in [0.25, 0.3) is 10.9 Å². The number of fused-ring (bicyclic) bond motifs is 1. The second-order valence-electron chi connectivity index (χ2n) is 10.1. The van der Waals surface area contributed by atoms with Crippen molar-refractivity contribution < 1.29 is 19.0 Å². The second-order valence-corrected chi connectivity index (χ2v) is 11.7.